The van der Waals surface area contributed by atoms with Crippen molar-refractivity contribution in [3.8, 4) is 11.6 Å². The molecule has 0 N–H and O–H groups in total. The van der Waals surface area contributed by atoms with Gasteiger partial charge in [-0.2, -0.15) is 9.61 Å². The van der Waals surface area contributed by atoms with Gasteiger partial charge in [-0.05, 0) is 69.0 Å². The molecule has 37 heavy (non-hydrogen) atoms. The summed E-state index contributed by atoms with van der Waals surface area (Å²) in [5.41, 5.74) is 5.14. The van der Waals surface area contributed by atoms with Crippen LogP contribution in [0.2, 0.25) is 0 Å². The Morgan fingerprint density at radius 2 is 1.81 bits per heavy atom. The first-order valence-corrected chi connectivity index (χ1v) is 12.8. The van der Waals surface area contributed by atoms with Crippen molar-refractivity contribution in [1.29, 1.82) is 0 Å². The van der Waals surface area contributed by atoms with E-state index in [1.807, 2.05) is 47.7 Å². The van der Waals surface area contributed by atoms with Crippen molar-refractivity contribution in [1.82, 2.24) is 39.4 Å². The highest BCUT2D eigenvalue weighted by molar-refractivity contribution is 5.76. The normalized spacial score (nSPS) is 14.4. The van der Waals surface area contributed by atoms with Crippen molar-refractivity contribution in [2.45, 2.75) is 46.6 Å². The number of amides is 1. The van der Waals surface area contributed by atoms with Gasteiger partial charge in [-0.3, -0.25) is 9.69 Å². The fourth-order valence-corrected chi connectivity index (χ4v) is 5.02. The van der Waals surface area contributed by atoms with Crippen LogP contribution in [0.5, 0.6) is 5.75 Å². The summed E-state index contributed by atoms with van der Waals surface area (Å²) < 4.78 is 8.92. The molecule has 1 amide bonds. The van der Waals surface area contributed by atoms with Gasteiger partial charge in [0.05, 0.1) is 12.8 Å². The van der Waals surface area contributed by atoms with E-state index in [1.54, 1.807) is 11.6 Å². The predicted octanol–water partition coefficient (Wildman–Crippen LogP) is 2.91. The van der Waals surface area contributed by atoms with E-state index in [-0.39, 0.29) is 5.91 Å². The molecule has 3 aromatic heterocycles. The molecule has 4 heterocycles. The molecule has 1 fully saturated rings. The van der Waals surface area contributed by atoms with E-state index >= 15 is 0 Å². The first-order chi connectivity index (χ1) is 17.9. The van der Waals surface area contributed by atoms with E-state index in [0.29, 0.717) is 12.1 Å². The SMILES string of the molecule is COc1cccc(CN2CCN(C(=O)CCCc3c(C)nn(-c4ccc5nnc(C)n5n4)c3C)CC2)c1. The summed E-state index contributed by atoms with van der Waals surface area (Å²) in [6.45, 7) is 10.1. The van der Waals surface area contributed by atoms with Crippen molar-refractivity contribution in [3.05, 3.63) is 64.7 Å². The largest absolute Gasteiger partial charge is 0.497 e. The molecular weight excluding hydrogens is 468 g/mol. The zero-order valence-corrected chi connectivity index (χ0v) is 22.0. The third kappa shape index (κ3) is 5.34. The second kappa shape index (κ2) is 10.7. The van der Waals surface area contributed by atoms with Gasteiger partial charge >= 0.3 is 0 Å². The Morgan fingerprint density at radius 3 is 2.59 bits per heavy atom. The number of methoxy groups -OCH3 is 1. The number of aromatic nitrogens is 6. The molecule has 0 atom stereocenters. The number of carbonyl (C=O) groups is 1. The van der Waals surface area contributed by atoms with Crippen molar-refractivity contribution in [2.75, 3.05) is 33.3 Å². The van der Waals surface area contributed by atoms with E-state index in [9.17, 15) is 4.79 Å². The molecule has 194 valence electrons. The van der Waals surface area contributed by atoms with Gasteiger partial charge in [-0.15, -0.1) is 15.3 Å². The molecule has 5 rings (SSSR count). The number of fused-ring (bicyclic) bond motifs is 1. The lowest BCUT2D eigenvalue weighted by atomic mass is 10.1. The number of ether oxygens (including phenoxy) is 1. The Morgan fingerprint density at radius 1 is 1.00 bits per heavy atom. The van der Waals surface area contributed by atoms with Crippen LogP contribution in [0, 0.1) is 20.8 Å². The molecule has 1 saturated heterocycles. The molecule has 0 unspecified atom stereocenters. The molecule has 0 bridgehead atoms. The first-order valence-electron chi connectivity index (χ1n) is 12.8. The first kappa shape index (κ1) is 24.9. The number of carbonyl (C=O) groups excluding carboxylic acids is 1. The van der Waals surface area contributed by atoms with Gasteiger partial charge in [0.2, 0.25) is 5.91 Å². The lowest BCUT2D eigenvalue weighted by molar-refractivity contribution is -0.133. The molecule has 10 nitrogen and oxygen atoms in total. The molecule has 1 aliphatic rings. The maximum absolute atomic E-state index is 12.9. The molecule has 1 aromatic carbocycles. The number of benzene rings is 1. The van der Waals surface area contributed by atoms with E-state index < -0.39 is 0 Å². The maximum atomic E-state index is 12.9. The monoisotopic (exact) mass is 502 g/mol. The second-order valence-corrected chi connectivity index (χ2v) is 9.63. The summed E-state index contributed by atoms with van der Waals surface area (Å²) >= 11 is 0. The van der Waals surface area contributed by atoms with Crippen LogP contribution in [0.4, 0.5) is 0 Å². The Labute approximate surface area is 216 Å². The van der Waals surface area contributed by atoms with Crippen LogP contribution in [-0.4, -0.2) is 78.6 Å². The summed E-state index contributed by atoms with van der Waals surface area (Å²) in [7, 11) is 1.69. The number of hydrogen-bond donors (Lipinski definition) is 0. The highest BCUT2D eigenvalue weighted by atomic mass is 16.5. The highest BCUT2D eigenvalue weighted by Crippen LogP contribution is 2.20. The molecule has 0 radical (unpaired) electrons. The Kier molecular flexibility index (Phi) is 7.18. The standard InChI is InChI=1S/C27H34N8O2/c1-19-24(20(2)34(30-19)26-12-11-25-29-28-21(3)35(25)31-26)9-6-10-27(36)33-15-13-32(14-16-33)18-22-7-5-8-23(17-22)37-4/h5,7-8,11-12,17H,6,9-10,13-16,18H2,1-4H3. The third-order valence-corrected chi connectivity index (χ3v) is 7.15. The molecular formula is C27H34N8O2. The number of aryl methyl sites for hydroxylation is 2. The minimum absolute atomic E-state index is 0.235. The van der Waals surface area contributed by atoms with Crippen LogP contribution >= 0.6 is 0 Å². The molecule has 0 spiro atoms. The Balaban J connectivity index is 1.13. The minimum atomic E-state index is 0.235. The fraction of sp³-hybridized carbons (Fsp3) is 0.444. The van der Waals surface area contributed by atoms with Gasteiger partial charge in [0.15, 0.2) is 17.3 Å². The number of hydrogen-bond acceptors (Lipinski definition) is 7. The van der Waals surface area contributed by atoms with E-state index in [2.05, 4.69) is 39.3 Å². The van der Waals surface area contributed by atoms with Gasteiger partial charge in [0, 0.05) is 44.8 Å². The summed E-state index contributed by atoms with van der Waals surface area (Å²) in [6.07, 6.45) is 2.16. The Hall–Kier alpha value is -3.79. The van der Waals surface area contributed by atoms with Crippen LogP contribution in [0.25, 0.3) is 11.5 Å². The topological polar surface area (TPSA) is 93.7 Å². The predicted molar refractivity (Wildman–Crippen MR) is 140 cm³/mol. The third-order valence-electron chi connectivity index (χ3n) is 7.15. The zero-order valence-electron chi connectivity index (χ0n) is 22.0. The van der Waals surface area contributed by atoms with E-state index in [4.69, 9.17) is 9.84 Å². The van der Waals surface area contributed by atoms with Crippen LogP contribution < -0.4 is 4.74 Å². The summed E-state index contributed by atoms with van der Waals surface area (Å²) in [5.74, 6) is 2.58. The van der Waals surface area contributed by atoms with Crippen LogP contribution in [0.3, 0.4) is 0 Å². The lowest BCUT2D eigenvalue weighted by Gasteiger charge is -2.35. The second-order valence-electron chi connectivity index (χ2n) is 9.63. The van der Waals surface area contributed by atoms with Crippen LogP contribution in [-0.2, 0) is 17.8 Å². The van der Waals surface area contributed by atoms with Gasteiger partial charge in [0.25, 0.3) is 0 Å². The summed E-state index contributed by atoms with van der Waals surface area (Å²) in [6, 6.07) is 12.0. The van der Waals surface area contributed by atoms with Crippen molar-refractivity contribution < 1.29 is 9.53 Å². The quantitative estimate of drug-likeness (QED) is 0.366. The highest BCUT2D eigenvalue weighted by Gasteiger charge is 2.22. The van der Waals surface area contributed by atoms with Gasteiger partial charge in [-0.25, -0.2) is 4.68 Å². The number of piperazine rings is 1. The number of rotatable bonds is 8. The maximum Gasteiger partial charge on any atom is 0.222 e. The summed E-state index contributed by atoms with van der Waals surface area (Å²) in [5, 5.41) is 17.6. The smallest absolute Gasteiger partial charge is 0.222 e. The molecule has 1 aliphatic heterocycles. The van der Waals surface area contributed by atoms with E-state index in [0.717, 1.165) is 74.3 Å². The van der Waals surface area contributed by atoms with Gasteiger partial charge < -0.3 is 9.64 Å². The van der Waals surface area contributed by atoms with E-state index in [1.165, 1.54) is 11.1 Å². The Bertz CT molecular complexity index is 1400. The fourth-order valence-electron chi connectivity index (χ4n) is 5.02. The minimum Gasteiger partial charge on any atom is -0.497 e. The van der Waals surface area contributed by atoms with Crippen LogP contribution in [0.15, 0.2) is 36.4 Å². The molecule has 0 aliphatic carbocycles. The molecule has 4 aromatic rings. The average Bonchev–Trinajstić information content (AvgIpc) is 3.42. The molecule has 0 saturated carbocycles. The summed E-state index contributed by atoms with van der Waals surface area (Å²) in [4.78, 5) is 17.3. The van der Waals surface area contributed by atoms with Gasteiger partial charge in [-0.1, -0.05) is 12.1 Å². The lowest BCUT2D eigenvalue weighted by Crippen LogP contribution is -2.48. The van der Waals surface area contributed by atoms with Crippen molar-refractivity contribution >= 4 is 11.6 Å². The van der Waals surface area contributed by atoms with Crippen molar-refractivity contribution in [3.63, 3.8) is 0 Å². The van der Waals surface area contributed by atoms with Crippen LogP contribution in [0.1, 0.15) is 41.2 Å². The zero-order chi connectivity index (χ0) is 25.9. The van der Waals surface area contributed by atoms with Crippen molar-refractivity contribution in [2.24, 2.45) is 0 Å². The molecule has 10 heteroatoms. The number of nitrogens with zero attached hydrogens (tertiary/aromatic N) is 8. The van der Waals surface area contributed by atoms with Gasteiger partial charge in [0.1, 0.15) is 5.75 Å². The average molecular weight is 503 g/mol.